The third-order valence-electron chi connectivity index (χ3n) is 4.06. The summed E-state index contributed by atoms with van der Waals surface area (Å²) >= 11 is 0. The molecule has 122 valence electrons. The van der Waals surface area contributed by atoms with Crippen molar-refractivity contribution in [2.75, 3.05) is 6.54 Å². The Bertz CT molecular complexity index is 651. The molecule has 1 aromatic carbocycles. The predicted molar refractivity (Wildman–Crippen MR) is 89.0 cm³/mol. The first-order chi connectivity index (χ1) is 11.1. The summed E-state index contributed by atoms with van der Waals surface area (Å²) in [5, 5.41) is 4.64. The summed E-state index contributed by atoms with van der Waals surface area (Å²) in [7, 11) is 0. The monoisotopic (exact) mass is 313 g/mol. The van der Waals surface area contributed by atoms with E-state index in [1.54, 1.807) is 0 Å². The first kappa shape index (κ1) is 15.6. The van der Waals surface area contributed by atoms with E-state index in [4.69, 9.17) is 4.74 Å². The number of rotatable bonds is 4. The summed E-state index contributed by atoms with van der Waals surface area (Å²) in [4.78, 5) is 14.0. The fourth-order valence-corrected chi connectivity index (χ4v) is 2.98. The van der Waals surface area contributed by atoms with Crippen LogP contribution in [0.5, 0.6) is 0 Å². The number of hydrogen-bond acceptors (Lipinski definition) is 3. The zero-order valence-corrected chi connectivity index (χ0v) is 13.7. The van der Waals surface area contributed by atoms with Crippen molar-refractivity contribution in [1.82, 2.24) is 14.7 Å². The number of hydrogen-bond donors (Lipinski definition) is 0. The third-order valence-corrected chi connectivity index (χ3v) is 4.06. The van der Waals surface area contributed by atoms with Gasteiger partial charge in [0, 0.05) is 18.3 Å². The smallest absolute Gasteiger partial charge is 0.410 e. The number of benzene rings is 1. The summed E-state index contributed by atoms with van der Waals surface area (Å²) in [5.41, 5.74) is 2.06. The molecule has 3 rings (SSSR count). The number of likely N-dealkylation sites (tertiary alicyclic amines) is 1. The van der Waals surface area contributed by atoms with Crippen LogP contribution in [0.4, 0.5) is 4.79 Å². The van der Waals surface area contributed by atoms with Crippen LogP contribution in [0.1, 0.15) is 26.7 Å². The van der Waals surface area contributed by atoms with Gasteiger partial charge in [-0.05, 0) is 32.8 Å². The largest absolute Gasteiger partial charge is 0.447 e. The molecule has 0 saturated carbocycles. The highest BCUT2D eigenvalue weighted by atomic mass is 16.6. The molecule has 1 aromatic heterocycles. The van der Waals surface area contributed by atoms with Crippen molar-refractivity contribution in [2.45, 2.75) is 45.4 Å². The number of nitrogens with zero attached hydrogens (tertiary/aromatic N) is 3. The summed E-state index contributed by atoms with van der Waals surface area (Å²) in [5.74, 6) is 0. The standard InChI is InChI=1S/C18H23N3O2/c1-14(2)23-18(22)21-11-6-9-16(21)13-20-12-10-17(19-20)15-7-4-3-5-8-15/h3-5,7-8,10,12,14,16H,6,9,11,13H2,1-2H3/t16-/m0/s1. The van der Waals surface area contributed by atoms with Crippen LogP contribution in [0.3, 0.4) is 0 Å². The van der Waals surface area contributed by atoms with Gasteiger partial charge in [-0.3, -0.25) is 4.68 Å². The van der Waals surface area contributed by atoms with E-state index in [9.17, 15) is 4.79 Å². The zero-order chi connectivity index (χ0) is 16.2. The quantitative estimate of drug-likeness (QED) is 0.867. The molecule has 1 fully saturated rings. The van der Waals surface area contributed by atoms with Crippen LogP contribution in [0.15, 0.2) is 42.6 Å². The van der Waals surface area contributed by atoms with Crippen LogP contribution in [-0.4, -0.2) is 39.5 Å². The molecule has 1 saturated heterocycles. The molecule has 5 nitrogen and oxygen atoms in total. The highest BCUT2D eigenvalue weighted by Crippen LogP contribution is 2.21. The van der Waals surface area contributed by atoms with Crippen LogP contribution < -0.4 is 0 Å². The number of amides is 1. The SMILES string of the molecule is CC(C)OC(=O)N1CCC[C@H]1Cn1ccc(-c2ccccc2)n1. The highest BCUT2D eigenvalue weighted by Gasteiger charge is 2.30. The minimum atomic E-state index is -0.210. The second-order valence-electron chi connectivity index (χ2n) is 6.21. The minimum Gasteiger partial charge on any atom is -0.447 e. The molecule has 0 spiro atoms. The van der Waals surface area contributed by atoms with Crippen LogP contribution in [0.2, 0.25) is 0 Å². The Hall–Kier alpha value is -2.30. The van der Waals surface area contributed by atoms with Crippen molar-refractivity contribution in [3.63, 3.8) is 0 Å². The normalized spacial score (nSPS) is 17.7. The number of ether oxygens (including phenoxy) is 1. The Morgan fingerprint density at radius 1 is 1.30 bits per heavy atom. The first-order valence-electron chi connectivity index (χ1n) is 8.19. The van der Waals surface area contributed by atoms with Crippen molar-refractivity contribution in [1.29, 1.82) is 0 Å². The van der Waals surface area contributed by atoms with E-state index in [2.05, 4.69) is 17.2 Å². The van der Waals surface area contributed by atoms with E-state index in [-0.39, 0.29) is 18.2 Å². The first-order valence-corrected chi connectivity index (χ1v) is 8.19. The second kappa shape index (κ2) is 6.86. The molecule has 2 aromatic rings. The van der Waals surface area contributed by atoms with E-state index in [1.807, 2.05) is 53.9 Å². The van der Waals surface area contributed by atoms with Gasteiger partial charge in [0.05, 0.1) is 24.4 Å². The van der Waals surface area contributed by atoms with Gasteiger partial charge in [0.1, 0.15) is 0 Å². The van der Waals surface area contributed by atoms with Crippen LogP contribution in [-0.2, 0) is 11.3 Å². The summed E-state index contributed by atoms with van der Waals surface area (Å²) in [6.07, 6.45) is 3.70. The second-order valence-corrected chi connectivity index (χ2v) is 6.21. The van der Waals surface area contributed by atoms with Gasteiger partial charge in [-0.2, -0.15) is 5.10 Å². The maximum Gasteiger partial charge on any atom is 0.410 e. The Balaban J connectivity index is 1.67. The summed E-state index contributed by atoms with van der Waals surface area (Å²) < 4.78 is 7.26. The Morgan fingerprint density at radius 2 is 2.09 bits per heavy atom. The van der Waals surface area contributed by atoms with E-state index < -0.39 is 0 Å². The van der Waals surface area contributed by atoms with E-state index in [1.165, 1.54) is 0 Å². The Labute approximate surface area is 136 Å². The van der Waals surface area contributed by atoms with Crippen LogP contribution >= 0.6 is 0 Å². The summed E-state index contributed by atoms with van der Waals surface area (Å²) in [6.45, 7) is 5.23. The van der Waals surface area contributed by atoms with Gasteiger partial charge in [-0.1, -0.05) is 30.3 Å². The van der Waals surface area contributed by atoms with Gasteiger partial charge in [-0.15, -0.1) is 0 Å². The average Bonchev–Trinajstić information content (AvgIpc) is 3.17. The number of carbonyl (C=O) groups excluding carboxylic acids is 1. The van der Waals surface area contributed by atoms with Gasteiger partial charge < -0.3 is 9.64 Å². The molecular formula is C18H23N3O2. The molecule has 0 bridgehead atoms. The zero-order valence-electron chi connectivity index (χ0n) is 13.7. The average molecular weight is 313 g/mol. The number of carbonyl (C=O) groups is 1. The maximum absolute atomic E-state index is 12.2. The van der Waals surface area contributed by atoms with Crippen molar-refractivity contribution >= 4 is 6.09 Å². The molecule has 1 atom stereocenters. The minimum absolute atomic E-state index is 0.0851. The van der Waals surface area contributed by atoms with Crippen LogP contribution in [0, 0.1) is 0 Å². The molecule has 2 heterocycles. The fraction of sp³-hybridized carbons (Fsp3) is 0.444. The molecule has 1 aliphatic heterocycles. The van der Waals surface area contributed by atoms with Gasteiger partial charge >= 0.3 is 6.09 Å². The van der Waals surface area contributed by atoms with Crippen molar-refractivity contribution in [3.05, 3.63) is 42.6 Å². The molecule has 23 heavy (non-hydrogen) atoms. The lowest BCUT2D eigenvalue weighted by atomic mass is 10.2. The molecule has 0 aliphatic carbocycles. The lowest BCUT2D eigenvalue weighted by Gasteiger charge is -2.25. The van der Waals surface area contributed by atoms with Crippen molar-refractivity contribution in [2.24, 2.45) is 0 Å². The number of aromatic nitrogens is 2. The van der Waals surface area contributed by atoms with Crippen molar-refractivity contribution in [3.8, 4) is 11.3 Å². The molecule has 0 radical (unpaired) electrons. The molecule has 5 heteroatoms. The predicted octanol–water partition coefficient (Wildman–Crippen LogP) is 3.56. The molecule has 0 unspecified atom stereocenters. The van der Waals surface area contributed by atoms with Crippen LogP contribution in [0.25, 0.3) is 11.3 Å². The molecule has 1 amide bonds. The van der Waals surface area contributed by atoms with E-state index >= 15 is 0 Å². The third kappa shape index (κ3) is 3.73. The molecular weight excluding hydrogens is 290 g/mol. The van der Waals surface area contributed by atoms with Gasteiger partial charge in [0.25, 0.3) is 0 Å². The van der Waals surface area contributed by atoms with Gasteiger partial charge in [-0.25, -0.2) is 4.79 Å². The topological polar surface area (TPSA) is 47.4 Å². The molecule has 0 N–H and O–H groups in total. The summed E-state index contributed by atoms with van der Waals surface area (Å²) in [6, 6.07) is 12.3. The molecule has 1 aliphatic rings. The van der Waals surface area contributed by atoms with Crippen molar-refractivity contribution < 1.29 is 9.53 Å². The van der Waals surface area contributed by atoms with Gasteiger partial charge in [0.15, 0.2) is 0 Å². The van der Waals surface area contributed by atoms with Gasteiger partial charge in [0.2, 0.25) is 0 Å². The Kier molecular flexibility index (Phi) is 4.65. The van der Waals surface area contributed by atoms with E-state index in [0.29, 0.717) is 6.54 Å². The fourth-order valence-electron chi connectivity index (χ4n) is 2.98. The lowest BCUT2D eigenvalue weighted by molar-refractivity contribution is 0.0707. The Morgan fingerprint density at radius 3 is 2.83 bits per heavy atom. The lowest BCUT2D eigenvalue weighted by Crippen LogP contribution is -2.39. The highest BCUT2D eigenvalue weighted by molar-refractivity contribution is 5.68. The maximum atomic E-state index is 12.2. The van der Waals surface area contributed by atoms with E-state index in [0.717, 1.165) is 30.6 Å².